The second-order valence-electron chi connectivity index (χ2n) is 4.42. The Labute approximate surface area is 106 Å². The molecule has 0 saturated carbocycles. The van der Waals surface area contributed by atoms with Crippen LogP contribution in [0.4, 0.5) is 0 Å². The summed E-state index contributed by atoms with van der Waals surface area (Å²) in [5.41, 5.74) is 2.47. The number of carbonyl (C=O) groups excluding carboxylic acids is 2. The van der Waals surface area contributed by atoms with Gasteiger partial charge in [-0.2, -0.15) is 0 Å². The lowest BCUT2D eigenvalue weighted by molar-refractivity contribution is -0.105. The number of benzene rings is 1. The minimum absolute atomic E-state index is 0.169. The smallest absolute Gasteiger partial charge is 0.337 e. The zero-order chi connectivity index (χ0) is 13.0. The SMILES string of the molecule is COC(=O)c1ccc(C2CCCC=C2C=O)cc1. The molecule has 3 heteroatoms. The van der Waals surface area contributed by atoms with E-state index in [9.17, 15) is 9.59 Å². The van der Waals surface area contributed by atoms with Gasteiger partial charge < -0.3 is 4.74 Å². The number of rotatable bonds is 3. The van der Waals surface area contributed by atoms with Gasteiger partial charge in [0.25, 0.3) is 0 Å². The van der Waals surface area contributed by atoms with Crippen LogP contribution < -0.4 is 0 Å². The minimum Gasteiger partial charge on any atom is -0.465 e. The molecule has 3 nitrogen and oxygen atoms in total. The molecule has 18 heavy (non-hydrogen) atoms. The van der Waals surface area contributed by atoms with Crippen molar-refractivity contribution in [1.82, 2.24) is 0 Å². The summed E-state index contributed by atoms with van der Waals surface area (Å²) in [5.74, 6) is -0.167. The van der Waals surface area contributed by atoms with E-state index in [1.807, 2.05) is 18.2 Å². The number of ether oxygens (including phenoxy) is 1. The van der Waals surface area contributed by atoms with Crippen LogP contribution in [0.3, 0.4) is 0 Å². The molecule has 0 radical (unpaired) electrons. The zero-order valence-electron chi connectivity index (χ0n) is 10.4. The molecule has 2 rings (SSSR count). The first-order chi connectivity index (χ1) is 8.76. The third-order valence-corrected chi connectivity index (χ3v) is 3.35. The van der Waals surface area contributed by atoms with E-state index in [-0.39, 0.29) is 11.9 Å². The molecule has 0 heterocycles. The van der Waals surface area contributed by atoms with Crippen LogP contribution >= 0.6 is 0 Å². The summed E-state index contributed by atoms with van der Waals surface area (Å²) in [4.78, 5) is 22.4. The predicted molar refractivity (Wildman–Crippen MR) is 68.5 cm³/mol. The maximum absolute atomic E-state index is 11.3. The molecule has 0 spiro atoms. The van der Waals surface area contributed by atoms with Crippen molar-refractivity contribution in [2.75, 3.05) is 7.11 Å². The highest BCUT2D eigenvalue weighted by atomic mass is 16.5. The minimum atomic E-state index is -0.337. The predicted octanol–water partition coefficient (Wildman–Crippen LogP) is 2.87. The van der Waals surface area contributed by atoms with Crippen molar-refractivity contribution in [2.45, 2.75) is 25.2 Å². The van der Waals surface area contributed by atoms with Crippen molar-refractivity contribution < 1.29 is 14.3 Å². The number of methoxy groups -OCH3 is 1. The number of hydrogen-bond acceptors (Lipinski definition) is 3. The second kappa shape index (κ2) is 5.63. The Morgan fingerprint density at radius 3 is 2.67 bits per heavy atom. The number of aldehydes is 1. The second-order valence-corrected chi connectivity index (χ2v) is 4.42. The van der Waals surface area contributed by atoms with Crippen molar-refractivity contribution in [2.24, 2.45) is 0 Å². The summed E-state index contributed by atoms with van der Waals surface area (Å²) in [6.07, 6.45) is 6.02. The number of esters is 1. The van der Waals surface area contributed by atoms with Crippen LogP contribution in [0.25, 0.3) is 0 Å². The molecule has 0 amide bonds. The van der Waals surface area contributed by atoms with E-state index >= 15 is 0 Å². The van der Waals surface area contributed by atoms with Crippen molar-refractivity contribution in [3.05, 3.63) is 47.0 Å². The highest BCUT2D eigenvalue weighted by Gasteiger charge is 2.19. The quantitative estimate of drug-likeness (QED) is 0.606. The Morgan fingerprint density at radius 1 is 1.33 bits per heavy atom. The highest BCUT2D eigenvalue weighted by Crippen LogP contribution is 2.32. The van der Waals surface area contributed by atoms with E-state index in [0.29, 0.717) is 5.56 Å². The molecule has 1 unspecified atom stereocenters. The Bertz CT molecular complexity index is 471. The molecule has 1 aliphatic carbocycles. The lowest BCUT2D eigenvalue weighted by Crippen LogP contribution is -2.09. The Morgan fingerprint density at radius 2 is 2.06 bits per heavy atom. The van der Waals surface area contributed by atoms with E-state index in [1.54, 1.807) is 12.1 Å². The molecule has 1 aromatic carbocycles. The van der Waals surface area contributed by atoms with Gasteiger partial charge in [0, 0.05) is 5.92 Å². The van der Waals surface area contributed by atoms with Gasteiger partial charge >= 0.3 is 5.97 Å². The van der Waals surface area contributed by atoms with E-state index < -0.39 is 0 Å². The number of hydrogen-bond donors (Lipinski definition) is 0. The van der Waals surface area contributed by atoms with Crippen LogP contribution in [-0.4, -0.2) is 19.4 Å². The molecule has 0 aliphatic heterocycles. The van der Waals surface area contributed by atoms with Gasteiger partial charge in [-0.3, -0.25) is 4.79 Å². The van der Waals surface area contributed by atoms with Gasteiger partial charge in [-0.1, -0.05) is 18.2 Å². The first-order valence-electron chi connectivity index (χ1n) is 6.09. The molecular formula is C15H16O3. The normalized spacial score (nSPS) is 18.9. The summed E-state index contributed by atoms with van der Waals surface area (Å²) < 4.78 is 4.66. The molecule has 0 N–H and O–H groups in total. The average molecular weight is 244 g/mol. The lowest BCUT2D eigenvalue weighted by Gasteiger charge is -2.21. The van der Waals surface area contributed by atoms with Gasteiger partial charge in [-0.25, -0.2) is 4.79 Å². The average Bonchev–Trinajstić information content (AvgIpc) is 2.46. The van der Waals surface area contributed by atoms with Gasteiger partial charge in [-0.05, 0) is 42.5 Å². The fraction of sp³-hybridized carbons (Fsp3) is 0.333. The van der Waals surface area contributed by atoms with Crippen LogP contribution in [0.2, 0.25) is 0 Å². The molecule has 1 aliphatic rings. The van der Waals surface area contributed by atoms with E-state index in [0.717, 1.165) is 36.7 Å². The van der Waals surface area contributed by atoms with Gasteiger partial charge in [0.1, 0.15) is 6.29 Å². The van der Waals surface area contributed by atoms with Crippen LogP contribution in [0.1, 0.15) is 41.1 Å². The molecule has 0 bridgehead atoms. The molecule has 0 aromatic heterocycles. The molecule has 94 valence electrons. The van der Waals surface area contributed by atoms with E-state index in [4.69, 9.17) is 0 Å². The maximum Gasteiger partial charge on any atom is 0.337 e. The summed E-state index contributed by atoms with van der Waals surface area (Å²) in [5, 5.41) is 0. The zero-order valence-corrected chi connectivity index (χ0v) is 10.4. The Kier molecular flexibility index (Phi) is 3.92. The summed E-state index contributed by atoms with van der Waals surface area (Å²) in [6, 6.07) is 7.30. The fourth-order valence-electron chi connectivity index (χ4n) is 2.36. The first kappa shape index (κ1) is 12.6. The van der Waals surface area contributed by atoms with Crippen LogP contribution in [-0.2, 0) is 9.53 Å². The van der Waals surface area contributed by atoms with Crippen molar-refractivity contribution >= 4 is 12.3 Å². The van der Waals surface area contributed by atoms with Crippen LogP contribution in [0.15, 0.2) is 35.9 Å². The Balaban J connectivity index is 2.23. The molecule has 1 atom stereocenters. The van der Waals surface area contributed by atoms with Gasteiger partial charge in [0.15, 0.2) is 0 Å². The third-order valence-electron chi connectivity index (χ3n) is 3.35. The van der Waals surface area contributed by atoms with Crippen molar-refractivity contribution in [3.63, 3.8) is 0 Å². The third kappa shape index (κ3) is 2.50. The van der Waals surface area contributed by atoms with Crippen molar-refractivity contribution in [3.8, 4) is 0 Å². The lowest BCUT2D eigenvalue weighted by atomic mass is 9.83. The molecular weight excluding hydrogens is 228 g/mol. The van der Waals surface area contributed by atoms with Crippen LogP contribution in [0, 0.1) is 0 Å². The molecule has 0 fully saturated rings. The maximum atomic E-state index is 11.3. The largest absolute Gasteiger partial charge is 0.465 e. The highest BCUT2D eigenvalue weighted by molar-refractivity contribution is 5.89. The summed E-state index contributed by atoms with van der Waals surface area (Å²) >= 11 is 0. The van der Waals surface area contributed by atoms with Crippen molar-refractivity contribution in [1.29, 1.82) is 0 Å². The standard InChI is InChI=1S/C15H16O3/c1-18-15(17)12-8-6-11(7-9-12)14-5-3-2-4-13(14)10-16/h4,6-10,14H,2-3,5H2,1H3. The van der Waals surface area contributed by atoms with E-state index in [2.05, 4.69) is 4.74 Å². The summed E-state index contributed by atoms with van der Waals surface area (Å²) in [7, 11) is 1.37. The number of allylic oxidation sites excluding steroid dienone is 2. The topological polar surface area (TPSA) is 43.4 Å². The molecule has 0 saturated heterocycles. The van der Waals surface area contributed by atoms with Gasteiger partial charge in [-0.15, -0.1) is 0 Å². The van der Waals surface area contributed by atoms with E-state index in [1.165, 1.54) is 7.11 Å². The van der Waals surface area contributed by atoms with Gasteiger partial charge in [0.05, 0.1) is 12.7 Å². The number of carbonyl (C=O) groups is 2. The fourth-order valence-corrected chi connectivity index (χ4v) is 2.36. The summed E-state index contributed by atoms with van der Waals surface area (Å²) in [6.45, 7) is 0. The monoisotopic (exact) mass is 244 g/mol. The molecule has 1 aromatic rings. The van der Waals surface area contributed by atoms with Gasteiger partial charge in [0.2, 0.25) is 0 Å². The Hall–Kier alpha value is -1.90. The first-order valence-corrected chi connectivity index (χ1v) is 6.09. The van der Waals surface area contributed by atoms with Crippen LogP contribution in [0.5, 0.6) is 0 Å².